The molecule has 9 rings (SSSR count). The Morgan fingerprint density at radius 1 is 0.871 bits per heavy atom. The summed E-state index contributed by atoms with van der Waals surface area (Å²) in [7, 11) is 2.98. The highest BCUT2D eigenvalue weighted by Crippen LogP contribution is 2.48. The van der Waals surface area contributed by atoms with Gasteiger partial charge in [0, 0.05) is 47.2 Å². The lowest BCUT2D eigenvalue weighted by molar-refractivity contribution is -0.135. The minimum absolute atomic E-state index is 0.0522. The maximum absolute atomic E-state index is 13.8. The summed E-state index contributed by atoms with van der Waals surface area (Å²) in [6.07, 6.45) is 7.06. The molecule has 6 heterocycles. The lowest BCUT2D eigenvalue weighted by Gasteiger charge is -2.30. The van der Waals surface area contributed by atoms with Crippen molar-refractivity contribution in [1.29, 1.82) is 0 Å². The third kappa shape index (κ3) is 7.45. The molecule has 3 aromatic heterocycles. The predicted molar refractivity (Wildman–Crippen MR) is 236 cm³/mol. The zero-order chi connectivity index (χ0) is 43.2. The molecule has 322 valence electrons. The van der Waals surface area contributed by atoms with Gasteiger partial charge in [0.05, 0.1) is 61.3 Å². The summed E-state index contributed by atoms with van der Waals surface area (Å²) in [5.41, 5.74) is 8.63. The van der Waals surface area contributed by atoms with Gasteiger partial charge in [-0.2, -0.15) is 0 Å². The third-order valence-corrected chi connectivity index (χ3v) is 12.5. The molecule has 6 aromatic rings. The molecule has 3 N–H and O–H groups in total. The van der Waals surface area contributed by atoms with Crippen LogP contribution in [0.3, 0.4) is 0 Å². The number of H-pyrrole nitrogens is 2. The monoisotopic (exact) mass is 838 g/mol. The number of nitrogens with one attached hydrogen (secondary N) is 3. The van der Waals surface area contributed by atoms with Gasteiger partial charge in [0.2, 0.25) is 11.8 Å². The number of nitrogens with zero attached hydrogens (tertiary/aromatic N) is 5. The average molecular weight is 839 g/mol. The number of fused-ring (bicyclic) bond motifs is 5. The molecular formula is C48H54N8O6. The van der Waals surface area contributed by atoms with E-state index in [9.17, 15) is 14.4 Å². The number of imidazole rings is 2. The summed E-state index contributed by atoms with van der Waals surface area (Å²) in [5.74, 6) is 3.26. The molecule has 2 fully saturated rings. The number of amides is 3. The molecule has 3 aromatic carbocycles. The van der Waals surface area contributed by atoms with Crippen LogP contribution in [0.25, 0.3) is 55.9 Å². The van der Waals surface area contributed by atoms with Crippen LogP contribution >= 0.6 is 0 Å². The Labute approximate surface area is 361 Å². The van der Waals surface area contributed by atoms with Crippen molar-refractivity contribution in [2.45, 2.75) is 84.7 Å². The van der Waals surface area contributed by atoms with Crippen LogP contribution in [0.2, 0.25) is 0 Å². The Morgan fingerprint density at radius 3 is 2.44 bits per heavy atom. The van der Waals surface area contributed by atoms with E-state index in [1.807, 2.05) is 48.2 Å². The number of rotatable bonds is 11. The second-order valence-corrected chi connectivity index (χ2v) is 17.4. The van der Waals surface area contributed by atoms with Crippen molar-refractivity contribution in [3.8, 4) is 56.5 Å². The Kier molecular flexibility index (Phi) is 11.0. The number of hydrogen-bond acceptors (Lipinski definition) is 8. The van der Waals surface area contributed by atoms with E-state index < -0.39 is 12.1 Å². The van der Waals surface area contributed by atoms with Crippen LogP contribution in [-0.2, 0) is 21.1 Å². The molecule has 0 spiro atoms. The summed E-state index contributed by atoms with van der Waals surface area (Å²) >= 11 is 0. The van der Waals surface area contributed by atoms with E-state index in [-0.39, 0.29) is 29.8 Å². The van der Waals surface area contributed by atoms with Crippen molar-refractivity contribution in [3.05, 3.63) is 84.6 Å². The Morgan fingerprint density at radius 2 is 1.66 bits per heavy atom. The van der Waals surface area contributed by atoms with E-state index in [2.05, 4.69) is 82.2 Å². The predicted octanol–water partition coefficient (Wildman–Crippen LogP) is 8.87. The quantitative estimate of drug-likeness (QED) is 0.117. The van der Waals surface area contributed by atoms with Crippen molar-refractivity contribution < 1.29 is 28.6 Å². The van der Waals surface area contributed by atoms with E-state index in [1.54, 1.807) is 7.11 Å². The second kappa shape index (κ2) is 16.7. The lowest BCUT2D eigenvalue weighted by atomic mass is 9.95. The molecule has 3 aliphatic rings. The standard InChI is InChI=1S/C48H54N8O6/c1-27(2)20-41(57)54-18-9-13-39(54)46-50-24-35(51-46)29-14-16-33-40(23-29)62-26-56-37-17-15-31(22-34(37)42(44(33)56)30-10-7-11-32(21-30)60-5)45-49-25-36(52-45)38-12-8-19-55(38)47(58)43(28(3)4)53-48(59)61-6/h7,10-11,14-17,21-25,27-28,38-39,43H,8-9,12-13,18-20,26H2,1-6H3,(H,49,52)(H,50,51)(H,53,59)/t38-,39-,43?/m0/s1. The topological polar surface area (TPSA) is 160 Å². The first kappa shape index (κ1) is 40.8. The van der Waals surface area contributed by atoms with Crippen LogP contribution in [-0.4, -0.2) is 85.6 Å². The molecule has 0 saturated carbocycles. The zero-order valence-electron chi connectivity index (χ0n) is 36.2. The van der Waals surface area contributed by atoms with Crippen LogP contribution in [0.4, 0.5) is 4.79 Å². The lowest BCUT2D eigenvalue weighted by Crippen LogP contribution is -2.51. The van der Waals surface area contributed by atoms with E-state index in [1.165, 1.54) is 7.11 Å². The SMILES string of the molecule is COC(=O)NC(C(=O)N1CCC[C@H]1c1cnc(-c2ccc3c(c2)c(-c2cccc(OC)c2)c2n3COc3cc(-c4cnc([C@@H]5CCCN5C(=O)CC(C)C)[nH]4)ccc3-2)[nH]1)C(C)C. The third-order valence-electron chi connectivity index (χ3n) is 12.5. The van der Waals surface area contributed by atoms with Crippen LogP contribution in [0.1, 0.15) is 83.4 Å². The number of aromatic nitrogens is 5. The number of aromatic amines is 2. The molecule has 3 aliphatic heterocycles. The summed E-state index contributed by atoms with van der Waals surface area (Å²) in [6.45, 7) is 9.64. The van der Waals surface area contributed by atoms with E-state index in [0.29, 0.717) is 31.4 Å². The van der Waals surface area contributed by atoms with Gasteiger partial charge in [-0.15, -0.1) is 0 Å². The van der Waals surface area contributed by atoms with Gasteiger partial charge >= 0.3 is 6.09 Å². The Balaban J connectivity index is 1.06. The average Bonchev–Trinajstić information content (AvgIpc) is 4.13. The van der Waals surface area contributed by atoms with Crippen molar-refractivity contribution >= 4 is 28.8 Å². The highest BCUT2D eigenvalue weighted by atomic mass is 16.5. The molecule has 14 nitrogen and oxygen atoms in total. The highest BCUT2D eigenvalue weighted by molar-refractivity contribution is 6.07. The summed E-state index contributed by atoms with van der Waals surface area (Å²) in [5, 5.41) is 3.76. The number of likely N-dealkylation sites (tertiary alicyclic amines) is 2. The second-order valence-electron chi connectivity index (χ2n) is 17.4. The fraction of sp³-hybridized carbons (Fsp3) is 0.396. The van der Waals surface area contributed by atoms with Crippen molar-refractivity contribution in [2.24, 2.45) is 11.8 Å². The Hall–Kier alpha value is -6.57. The fourth-order valence-electron chi connectivity index (χ4n) is 9.48. The largest absolute Gasteiger partial charge is 0.497 e. The van der Waals surface area contributed by atoms with Crippen molar-refractivity contribution in [3.63, 3.8) is 0 Å². The number of methoxy groups -OCH3 is 2. The molecule has 0 aliphatic carbocycles. The van der Waals surface area contributed by atoms with E-state index in [0.717, 1.165) is 105 Å². The molecule has 3 amide bonds. The first-order valence-corrected chi connectivity index (χ1v) is 21.7. The first-order chi connectivity index (χ1) is 30.0. The summed E-state index contributed by atoms with van der Waals surface area (Å²) in [6, 6.07) is 19.8. The summed E-state index contributed by atoms with van der Waals surface area (Å²) < 4.78 is 19.3. The number of carbonyl (C=O) groups excluding carboxylic acids is 3. The van der Waals surface area contributed by atoms with Gasteiger partial charge in [0.25, 0.3) is 0 Å². The molecule has 3 atom stereocenters. The van der Waals surface area contributed by atoms with Crippen molar-refractivity contribution in [2.75, 3.05) is 27.3 Å². The number of carbonyl (C=O) groups is 3. The Bertz CT molecular complexity index is 2660. The van der Waals surface area contributed by atoms with Gasteiger partial charge in [-0.1, -0.05) is 45.9 Å². The van der Waals surface area contributed by atoms with E-state index in [4.69, 9.17) is 24.2 Å². The molecule has 14 heteroatoms. The molecular weight excluding hydrogens is 785 g/mol. The molecule has 2 saturated heterocycles. The molecule has 0 radical (unpaired) electrons. The minimum atomic E-state index is -0.705. The first-order valence-electron chi connectivity index (χ1n) is 21.7. The van der Waals surface area contributed by atoms with Crippen LogP contribution in [0.5, 0.6) is 11.5 Å². The van der Waals surface area contributed by atoms with E-state index >= 15 is 0 Å². The van der Waals surface area contributed by atoms with Gasteiger partial charge in [-0.3, -0.25) is 9.59 Å². The van der Waals surface area contributed by atoms with Gasteiger partial charge in [-0.25, -0.2) is 14.8 Å². The fourth-order valence-corrected chi connectivity index (χ4v) is 9.48. The highest BCUT2D eigenvalue weighted by Gasteiger charge is 2.37. The van der Waals surface area contributed by atoms with Crippen LogP contribution in [0.15, 0.2) is 73.1 Å². The molecule has 1 unspecified atom stereocenters. The number of benzene rings is 3. The van der Waals surface area contributed by atoms with Crippen LogP contribution in [0, 0.1) is 11.8 Å². The van der Waals surface area contributed by atoms with Crippen LogP contribution < -0.4 is 14.8 Å². The number of ether oxygens (including phenoxy) is 3. The molecule has 0 bridgehead atoms. The minimum Gasteiger partial charge on any atom is -0.497 e. The van der Waals surface area contributed by atoms with Gasteiger partial charge in [-0.05, 0) is 85.5 Å². The normalized spacial score (nSPS) is 17.6. The zero-order valence-corrected chi connectivity index (χ0v) is 36.2. The summed E-state index contributed by atoms with van der Waals surface area (Å²) in [4.78, 5) is 59.6. The smallest absolute Gasteiger partial charge is 0.407 e. The number of alkyl carbamates (subject to hydrolysis) is 1. The van der Waals surface area contributed by atoms with Gasteiger partial charge in [0.15, 0.2) is 6.73 Å². The maximum Gasteiger partial charge on any atom is 0.407 e. The van der Waals surface area contributed by atoms with Gasteiger partial charge in [0.1, 0.15) is 29.2 Å². The molecule has 62 heavy (non-hydrogen) atoms. The maximum atomic E-state index is 13.8. The number of hydrogen-bond donors (Lipinski definition) is 3. The van der Waals surface area contributed by atoms with Crippen molar-refractivity contribution in [1.82, 2.24) is 39.6 Å². The van der Waals surface area contributed by atoms with Gasteiger partial charge < -0.3 is 43.9 Å².